The Bertz CT molecular complexity index is 464. The van der Waals surface area contributed by atoms with Crippen LogP contribution in [0.3, 0.4) is 0 Å². The molecular formula is C17H26IN3O. The summed E-state index contributed by atoms with van der Waals surface area (Å²) >= 11 is 0. The molecule has 1 atom stereocenters. The van der Waals surface area contributed by atoms with Crippen LogP contribution < -0.4 is 5.32 Å². The molecule has 122 valence electrons. The predicted molar refractivity (Wildman–Crippen MR) is 103 cm³/mol. The standard InChI is InChI=1S/C17H25N3O.HI/c1-3-10-19-17(18-2)20-11-9-16(12-20)14-21-13-15-7-5-4-6-8-15;/h3-8,16H,1,9-14H2,2H3,(H,18,19);1H. The van der Waals surface area contributed by atoms with E-state index in [2.05, 4.69) is 33.9 Å². The van der Waals surface area contributed by atoms with Crippen molar-refractivity contribution in [2.75, 3.05) is 33.3 Å². The Morgan fingerprint density at radius 2 is 2.23 bits per heavy atom. The monoisotopic (exact) mass is 415 g/mol. The van der Waals surface area contributed by atoms with Gasteiger partial charge in [0.1, 0.15) is 0 Å². The maximum atomic E-state index is 5.84. The Labute approximate surface area is 150 Å². The van der Waals surface area contributed by atoms with Gasteiger partial charge in [0.15, 0.2) is 5.96 Å². The number of hydrogen-bond donors (Lipinski definition) is 1. The third-order valence-corrected chi connectivity index (χ3v) is 3.67. The van der Waals surface area contributed by atoms with E-state index in [1.807, 2.05) is 31.3 Å². The average molecular weight is 415 g/mol. The van der Waals surface area contributed by atoms with Gasteiger partial charge in [0.05, 0.1) is 13.2 Å². The van der Waals surface area contributed by atoms with E-state index in [4.69, 9.17) is 4.74 Å². The van der Waals surface area contributed by atoms with Gasteiger partial charge in [-0.05, 0) is 12.0 Å². The molecule has 2 rings (SSSR count). The highest BCUT2D eigenvalue weighted by molar-refractivity contribution is 14.0. The minimum Gasteiger partial charge on any atom is -0.376 e. The predicted octanol–water partition coefficient (Wildman–Crippen LogP) is 2.90. The number of hydrogen-bond acceptors (Lipinski definition) is 2. The summed E-state index contributed by atoms with van der Waals surface area (Å²) in [6.45, 7) is 8.02. The van der Waals surface area contributed by atoms with Crippen LogP contribution >= 0.6 is 24.0 Å². The molecule has 1 heterocycles. The van der Waals surface area contributed by atoms with Crippen molar-refractivity contribution in [3.05, 3.63) is 48.6 Å². The van der Waals surface area contributed by atoms with Gasteiger partial charge in [0, 0.05) is 32.6 Å². The molecule has 0 bridgehead atoms. The van der Waals surface area contributed by atoms with Crippen molar-refractivity contribution in [2.45, 2.75) is 13.0 Å². The van der Waals surface area contributed by atoms with Crippen molar-refractivity contribution in [3.63, 3.8) is 0 Å². The summed E-state index contributed by atoms with van der Waals surface area (Å²) in [4.78, 5) is 6.60. The lowest BCUT2D eigenvalue weighted by molar-refractivity contribution is 0.0907. The summed E-state index contributed by atoms with van der Waals surface area (Å²) in [5.74, 6) is 1.54. The van der Waals surface area contributed by atoms with Crippen LogP contribution in [0, 0.1) is 5.92 Å². The third-order valence-electron chi connectivity index (χ3n) is 3.67. The van der Waals surface area contributed by atoms with E-state index < -0.39 is 0 Å². The molecule has 1 N–H and O–H groups in total. The van der Waals surface area contributed by atoms with Crippen LogP contribution in [0.5, 0.6) is 0 Å². The molecule has 1 unspecified atom stereocenters. The molecule has 0 radical (unpaired) electrons. The van der Waals surface area contributed by atoms with Gasteiger partial charge < -0.3 is 15.0 Å². The summed E-state index contributed by atoms with van der Waals surface area (Å²) in [5, 5.41) is 3.28. The molecule has 1 aromatic rings. The zero-order valence-corrected chi connectivity index (χ0v) is 15.5. The SMILES string of the molecule is C=CCNC(=NC)N1CCC(COCc2ccccc2)C1.I. The molecule has 0 saturated carbocycles. The number of aliphatic imine (C=N–C) groups is 1. The quantitative estimate of drug-likeness (QED) is 0.336. The summed E-state index contributed by atoms with van der Waals surface area (Å²) in [7, 11) is 1.82. The van der Waals surface area contributed by atoms with Gasteiger partial charge in [0.25, 0.3) is 0 Å². The molecule has 0 spiro atoms. The van der Waals surface area contributed by atoms with E-state index in [9.17, 15) is 0 Å². The Morgan fingerprint density at radius 1 is 1.45 bits per heavy atom. The molecule has 1 aliphatic rings. The second-order valence-corrected chi connectivity index (χ2v) is 5.32. The van der Waals surface area contributed by atoms with E-state index >= 15 is 0 Å². The van der Waals surface area contributed by atoms with Gasteiger partial charge in [-0.25, -0.2) is 0 Å². The molecule has 0 aliphatic carbocycles. The highest BCUT2D eigenvalue weighted by Gasteiger charge is 2.24. The van der Waals surface area contributed by atoms with Crippen molar-refractivity contribution in [3.8, 4) is 0 Å². The molecule has 1 aromatic carbocycles. The molecular weight excluding hydrogens is 389 g/mol. The topological polar surface area (TPSA) is 36.9 Å². The van der Waals surface area contributed by atoms with Crippen LogP contribution in [0.15, 0.2) is 48.0 Å². The number of nitrogens with one attached hydrogen (secondary N) is 1. The molecule has 5 heteroatoms. The Hall–Kier alpha value is -1.08. The summed E-state index contributed by atoms with van der Waals surface area (Å²) < 4.78 is 5.84. The smallest absolute Gasteiger partial charge is 0.193 e. The lowest BCUT2D eigenvalue weighted by atomic mass is 10.1. The first-order valence-electron chi connectivity index (χ1n) is 7.51. The minimum atomic E-state index is 0. The van der Waals surface area contributed by atoms with Gasteiger partial charge in [0.2, 0.25) is 0 Å². The number of ether oxygens (including phenoxy) is 1. The van der Waals surface area contributed by atoms with Gasteiger partial charge in [-0.1, -0.05) is 36.4 Å². The lowest BCUT2D eigenvalue weighted by Gasteiger charge is -2.21. The molecule has 0 amide bonds. The van der Waals surface area contributed by atoms with E-state index in [1.165, 1.54) is 5.56 Å². The normalized spacial score (nSPS) is 18.0. The molecule has 1 saturated heterocycles. The van der Waals surface area contributed by atoms with Crippen LogP contribution in [-0.4, -0.2) is 44.1 Å². The summed E-state index contributed by atoms with van der Waals surface area (Å²) in [6, 6.07) is 10.3. The molecule has 4 nitrogen and oxygen atoms in total. The van der Waals surface area contributed by atoms with Crippen molar-refractivity contribution >= 4 is 29.9 Å². The van der Waals surface area contributed by atoms with Crippen LogP contribution in [0.4, 0.5) is 0 Å². The third kappa shape index (κ3) is 5.96. The van der Waals surface area contributed by atoms with E-state index in [0.29, 0.717) is 12.5 Å². The Kier molecular flexibility index (Phi) is 9.15. The van der Waals surface area contributed by atoms with Crippen molar-refractivity contribution < 1.29 is 4.74 Å². The van der Waals surface area contributed by atoms with Crippen molar-refractivity contribution in [2.24, 2.45) is 10.9 Å². The zero-order chi connectivity index (χ0) is 14.9. The first-order chi connectivity index (χ1) is 10.3. The fourth-order valence-electron chi connectivity index (χ4n) is 2.57. The number of likely N-dealkylation sites (tertiary alicyclic amines) is 1. The largest absolute Gasteiger partial charge is 0.376 e. The number of halogens is 1. The van der Waals surface area contributed by atoms with Crippen molar-refractivity contribution in [1.82, 2.24) is 10.2 Å². The number of guanidine groups is 1. The highest BCUT2D eigenvalue weighted by atomic mass is 127. The highest BCUT2D eigenvalue weighted by Crippen LogP contribution is 2.17. The maximum absolute atomic E-state index is 5.84. The van der Waals surface area contributed by atoms with Crippen LogP contribution in [0.25, 0.3) is 0 Å². The van der Waals surface area contributed by atoms with Crippen LogP contribution in [0.2, 0.25) is 0 Å². The van der Waals surface area contributed by atoms with Gasteiger partial charge >= 0.3 is 0 Å². The van der Waals surface area contributed by atoms with Crippen LogP contribution in [0.1, 0.15) is 12.0 Å². The van der Waals surface area contributed by atoms with Crippen LogP contribution in [-0.2, 0) is 11.3 Å². The van der Waals surface area contributed by atoms with Gasteiger partial charge in [-0.15, -0.1) is 30.6 Å². The molecule has 1 aliphatic heterocycles. The average Bonchev–Trinajstić information content (AvgIpc) is 2.98. The van der Waals surface area contributed by atoms with Gasteiger partial charge in [-0.2, -0.15) is 0 Å². The fraction of sp³-hybridized carbons (Fsp3) is 0.471. The number of rotatable bonds is 6. The number of benzene rings is 1. The first-order valence-corrected chi connectivity index (χ1v) is 7.51. The molecule has 22 heavy (non-hydrogen) atoms. The summed E-state index contributed by atoms with van der Waals surface area (Å²) in [6.07, 6.45) is 3.01. The number of nitrogens with zero attached hydrogens (tertiary/aromatic N) is 2. The second-order valence-electron chi connectivity index (χ2n) is 5.32. The Morgan fingerprint density at radius 3 is 2.91 bits per heavy atom. The van der Waals surface area contributed by atoms with Gasteiger partial charge in [-0.3, -0.25) is 4.99 Å². The fourth-order valence-corrected chi connectivity index (χ4v) is 2.57. The minimum absolute atomic E-state index is 0. The van der Waals surface area contributed by atoms with Crippen molar-refractivity contribution in [1.29, 1.82) is 0 Å². The summed E-state index contributed by atoms with van der Waals surface area (Å²) in [5.41, 5.74) is 1.23. The first kappa shape index (κ1) is 19.0. The lowest BCUT2D eigenvalue weighted by Crippen LogP contribution is -2.40. The maximum Gasteiger partial charge on any atom is 0.193 e. The van der Waals surface area contributed by atoms with E-state index in [-0.39, 0.29) is 24.0 Å². The molecule has 0 aromatic heterocycles. The van der Waals surface area contributed by atoms with E-state index in [0.717, 1.165) is 38.6 Å². The van der Waals surface area contributed by atoms with E-state index in [1.54, 1.807) is 0 Å². The Balaban J connectivity index is 0.00000242. The second kappa shape index (κ2) is 10.6. The molecule has 1 fully saturated rings. The zero-order valence-electron chi connectivity index (χ0n) is 13.2.